The number of anilines is 1. The highest BCUT2D eigenvalue weighted by atomic mass is 19.4. The maximum Gasteiger partial charge on any atom is 0.471 e. The van der Waals surface area contributed by atoms with Crippen molar-refractivity contribution in [1.82, 2.24) is 0 Å². The van der Waals surface area contributed by atoms with Crippen molar-refractivity contribution in [2.24, 2.45) is 0 Å². The third-order valence-electron chi connectivity index (χ3n) is 2.86. The minimum atomic E-state index is -5.03. The number of nitrogens with zero attached hydrogens (tertiary/aromatic N) is 2. The van der Waals surface area contributed by atoms with Gasteiger partial charge in [0.05, 0.1) is 18.2 Å². The molecule has 0 unspecified atom stereocenters. The molecule has 0 spiro atoms. The van der Waals surface area contributed by atoms with E-state index in [0.717, 1.165) is 0 Å². The summed E-state index contributed by atoms with van der Waals surface area (Å²) in [5.74, 6) is -2.56. The highest BCUT2D eigenvalue weighted by Crippen LogP contribution is 2.24. The monoisotopic (exact) mass is 328 g/mol. The van der Waals surface area contributed by atoms with E-state index in [1.807, 2.05) is 6.07 Å². The standard InChI is InChI=1S/C15H15F3N2O3/c1-2-23-13(21)4-3-9-20(14(22)15(16,17)18)12-7-5-11(10-19)6-8-12/h5-8H,2-4,9H2,1H3. The molecule has 0 saturated carbocycles. The molecule has 1 amide bonds. The average molecular weight is 328 g/mol. The van der Waals surface area contributed by atoms with E-state index in [-0.39, 0.29) is 37.2 Å². The number of amides is 1. The van der Waals surface area contributed by atoms with Gasteiger partial charge in [0.2, 0.25) is 0 Å². The van der Waals surface area contributed by atoms with Crippen LogP contribution in [0.5, 0.6) is 0 Å². The van der Waals surface area contributed by atoms with Crippen molar-refractivity contribution in [3.05, 3.63) is 29.8 Å². The number of hydrogen-bond acceptors (Lipinski definition) is 4. The van der Waals surface area contributed by atoms with Crippen LogP contribution < -0.4 is 4.90 Å². The summed E-state index contributed by atoms with van der Waals surface area (Å²) in [5.41, 5.74) is 0.273. The van der Waals surface area contributed by atoms with Crippen LogP contribution in [0.1, 0.15) is 25.3 Å². The van der Waals surface area contributed by atoms with Gasteiger partial charge >= 0.3 is 18.1 Å². The van der Waals surface area contributed by atoms with Crippen molar-refractivity contribution in [3.8, 4) is 6.07 Å². The molecule has 23 heavy (non-hydrogen) atoms. The second kappa shape index (κ2) is 8.17. The fraction of sp³-hybridized carbons (Fsp3) is 0.400. The van der Waals surface area contributed by atoms with Gasteiger partial charge in [0.15, 0.2) is 0 Å². The zero-order chi connectivity index (χ0) is 17.5. The number of carbonyl (C=O) groups is 2. The lowest BCUT2D eigenvalue weighted by Crippen LogP contribution is -2.42. The predicted molar refractivity (Wildman–Crippen MR) is 75.4 cm³/mol. The molecule has 0 aliphatic rings. The zero-order valence-electron chi connectivity index (χ0n) is 12.4. The summed E-state index contributed by atoms with van der Waals surface area (Å²) in [6.45, 7) is 1.51. The summed E-state index contributed by atoms with van der Waals surface area (Å²) in [7, 11) is 0. The fourth-order valence-electron chi connectivity index (χ4n) is 1.83. The van der Waals surface area contributed by atoms with Crippen LogP contribution in [-0.2, 0) is 14.3 Å². The molecular formula is C15H15F3N2O3. The number of halogens is 3. The number of carbonyl (C=O) groups excluding carboxylic acids is 2. The summed E-state index contributed by atoms with van der Waals surface area (Å²) < 4.78 is 42.8. The van der Waals surface area contributed by atoms with Crippen LogP contribution in [0.15, 0.2) is 24.3 Å². The van der Waals surface area contributed by atoms with E-state index in [0.29, 0.717) is 4.90 Å². The summed E-state index contributed by atoms with van der Waals surface area (Å²) in [4.78, 5) is 23.3. The first-order chi connectivity index (χ1) is 10.8. The number of rotatable bonds is 6. The lowest BCUT2D eigenvalue weighted by Gasteiger charge is -2.23. The third-order valence-corrected chi connectivity index (χ3v) is 2.86. The van der Waals surface area contributed by atoms with Gasteiger partial charge < -0.3 is 9.64 Å². The van der Waals surface area contributed by atoms with Crippen LogP contribution in [0.3, 0.4) is 0 Å². The third kappa shape index (κ3) is 5.62. The van der Waals surface area contributed by atoms with E-state index in [4.69, 9.17) is 5.26 Å². The fourth-order valence-corrected chi connectivity index (χ4v) is 1.83. The molecule has 1 aromatic carbocycles. The Morgan fingerprint density at radius 1 is 1.26 bits per heavy atom. The van der Waals surface area contributed by atoms with Gasteiger partial charge in [-0.05, 0) is 37.6 Å². The first-order valence-corrected chi connectivity index (χ1v) is 6.84. The summed E-state index contributed by atoms with van der Waals surface area (Å²) in [6.07, 6.45) is -5.09. The Bertz CT molecular complexity index is 591. The topological polar surface area (TPSA) is 70.4 Å². The maximum atomic E-state index is 12.7. The minimum absolute atomic E-state index is 0.00943. The molecule has 0 radical (unpaired) electrons. The van der Waals surface area contributed by atoms with Crippen LogP contribution >= 0.6 is 0 Å². The van der Waals surface area contributed by atoms with Gasteiger partial charge in [-0.1, -0.05) is 0 Å². The van der Waals surface area contributed by atoms with Gasteiger partial charge in [-0.2, -0.15) is 18.4 Å². The van der Waals surface area contributed by atoms with Crippen molar-refractivity contribution in [2.75, 3.05) is 18.1 Å². The van der Waals surface area contributed by atoms with Crippen LogP contribution in [-0.4, -0.2) is 31.2 Å². The predicted octanol–water partition coefficient (Wildman–Crippen LogP) is 2.80. The largest absolute Gasteiger partial charge is 0.471 e. The van der Waals surface area contributed by atoms with E-state index in [1.54, 1.807) is 6.92 Å². The Labute approximate surface area is 131 Å². The second-order valence-corrected chi connectivity index (χ2v) is 4.52. The molecule has 0 aromatic heterocycles. The van der Waals surface area contributed by atoms with Crippen molar-refractivity contribution in [1.29, 1.82) is 5.26 Å². The van der Waals surface area contributed by atoms with E-state index in [9.17, 15) is 22.8 Å². The van der Waals surface area contributed by atoms with E-state index in [2.05, 4.69) is 4.74 Å². The normalized spacial score (nSPS) is 10.7. The Balaban J connectivity index is 2.87. The molecular weight excluding hydrogens is 313 g/mol. The summed E-state index contributed by atoms with van der Waals surface area (Å²) in [6, 6.07) is 6.98. The first-order valence-electron chi connectivity index (χ1n) is 6.84. The number of alkyl halides is 3. The number of hydrogen-bond donors (Lipinski definition) is 0. The Morgan fingerprint density at radius 3 is 2.35 bits per heavy atom. The van der Waals surface area contributed by atoms with Gasteiger partial charge in [0, 0.05) is 18.7 Å². The molecule has 0 N–H and O–H groups in total. The minimum Gasteiger partial charge on any atom is -0.466 e. The Morgan fingerprint density at radius 2 is 1.87 bits per heavy atom. The zero-order valence-corrected chi connectivity index (χ0v) is 12.4. The SMILES string of the molecule is CCOC(=O)CCCN(C(=O)C(F)(F)F)c1ccc(C#N)cc1. The van der Waals surface area contributed by atoms with Crippen LogP contribution in [0.4, 0.5) is 18.9 Å². The van der Waals surface area contributed by atoms with Crippen molar-refractivity contribution >= 4 is 17.6 Å². The van der Waals surface area contributed by atoms with E-state index < -0.39 is 18.1 Å². The Hall–Kier alpha value is -2.56. The Kier molecular flexibility index (Phi) is 6.57. The van der Waals surface area contributed by atoms with Gasteiger partial charge in [0.25, 0.3) is 0 Å². The molecule has 0 aliphatic carbocycles. The van der Waals surface area contributed by atoms with Crippen molar-refractivity contribution in [2.45, 2.75) is 25.9 Å². The summed E-state index contributed by atoms with van der Waals surface area (Å²) >= 11 is 0. The maximum absolute atomic E-state index is 12.7. The summed E-state index contributed by atoms with van der Waals surface area (Å²) in [5, 5.41) is 8.70. The molecule has 0 saturated heterocycles. The lowest BCUT2D eigenvalue weighted by molar-refractivity contribution is -0.170. The number of benzene rings is 1. The first kappa shape index (κ1) is 18.5. The lowest BCUT2D eigenvalue weighted by atomic mass is 10.2. The molecule has 5 nitrogen and oxygen atoms in total. The van der Waals surface area contributed by atoms with Crippen molar-refractivity contribution < 1.29 is 27.5 Å². The molecule has 0 bridgehead atoms. The molecule has 1 aromatic rings. The highest BCUT2D eigenvalue weighted by molar-refractivity contribution is 5.97. The van der Waals surface area contributed by atoms with E-state index in [1.165, 1.54) is 24.3 Å². The van der Waals surface area contributed by atoms with Gasteiger partial charge in [0.1, 0.15) is 0 Å². The van der Waals surface area contributed by atoms with Crippen molar-refractivity contribution in [3.63, 3.8) is 0 Å². The molecule has 0 fully saturated rings. The van der Waals surface area contributed by atoms with Crippen LogP contribution in [0.25, 0.3) is 0 Å². The van der Waals surface area contributed by atoms with Gasteiger partial charge in [-0.25, -0.2) is 0 Å². The molecule has 124 valence electrons. The molecule has 0 heterocycles. The molecule has 1 rings (SSSR count). The highest BCUT2D eigenvalue weighted by Gasteiger charge is 2.42. The smallest absolute Gasteiger partial charge is 0.466 e. The number of ether oxygens (including phenoxy) is 1. The molecule has 8 heteroatoms. The number of esters is 1. The molecule has 0 atom stereocenters. The van der Waals surface area contributed by atoms with Gasteiger partial charge in [-0.15, -0.1) is 0 Å². The molecule has 0 aliphatic heterocycles. The average Bonchev–Trinajstić information content (AvgIpc) is 2.50. The van der Waals surface area contributed by atoms with E-state index >= 15 is 0 Å². The number of nitriles is 1. The van der Waals surface area contributed by atoms with Crippen LogP contribution in [0.2, 0.25) is 0 Å². The van der Waals surface area contributed by atoms with Gasteiger partial charge in [-0.3, -0.25) is 9.59 Å². The quantitative estimate of drug-likeness (QED) is 0.753. The second-order valence-electron chi connectivity index (χ2n) is 4.52. The van der Waals surface area contributed by atoms with Crippen LogP contribution in [0, 0.1) is 11.3 Å².